The van der Waals surface area contributed by atoms with Crippen LogP contribution in [0.15, 0.2) is 24.3 Å². The molecule has 0 spiro atoms. The van der Waals surface area contributed by atoms with Crippen molar-refractivity contribution in [3.05, 3.63) is 34.9 Å². The third kappa shape index (κ3) is 5.72. The highest BCUT2D eigenvalue weighted by atomic mass is 35.5. The molecule has 2 rings (SSSR count). The molecule has 1 unspecified atom stereocenters. The maximum atomic E-state index is 12.6. The summed E-state index contributed by atoms with van der Waals surface area (Å²) in [7, 11) is 0. The summed E-state index contributed by atoms with van der Waals surface area (Å²) in [6, 6.07) is 6.95. The van der Waals surface area contributed by atoms with E-state index in [1.54, 1.807) is 24.3 Å². The maximum Gasteiger partial charge on any atom is 0.254 e. The number of carbonyl (C=O) groups excluding carboxylic acids is 2. The van der Waals surface area contributed by atoms with Gasteiger partial charge in [0.05, 0.1) is 0 Å². The van der Waals surface area contributed by atoms with Crippen LogP contribution < -0.4 is 5.32 Å². The van der Waals surface area contributed by atoms with Gasteiger partial charge in [0.2, 0.25) is 5.91 Å². The zero-order chi connectivity index (χ0) is 18.4. The Hall–Kier alpha value is -1.59. The van der Waals surface area contributed by atoms with Gasteiger partial charge in [0.15, 0.2) is 0 Å². The number of hydrogen-bond donors (Lipinski definition) is 1. The van der Waals surface area contributed by atoms with Crippen molar-refractivity contribution in [3.8, 4) is 0 Å². The molecule has 1 heterocycles. The van der Waals surface area contributed by atoms with Crippen molar-refractivity contribution in [2.75, 3.05) is 32.7 Å². The molecule has 1 atom stereocenters. The Morgan fingerprint density at radius 3 is 2.52 bits per heavy atom. The Kier molecular flexibility index (Phi) is 7.26. The van der Waals surface area contributed by atoms with Gasteiger partial charge in [0.25, 0.3) is 5.91 Å². The molecule has 0 bridgehead atoms. The monoisotopic (exact) mass is 365 g/mol. The lowest BCUT2D eigenvalue weighted by Crippen LogP contribution is -2.55. The van der Waals surface area contributed by atoms with Crippen molar-refractivity contribution in [1.82, 2.24) is 15.1 Å². The zero-order valence-electron chi connectivity index (χ0n) is 15.3. The molecule has 5 nitrogen and oxygen atoms in total. The number of amides is 2. The summed E-state index contributed by atoms with van der Waals surface area (Å²) in [5.41, 5.74) is 0.633. The number of carbonyl (C=O) groups is 2. The minimum Gasteiger partial charge on any atom is -0.339 e. The van der Waals surface area contributed by atoms with Crippen LogP contribution >= 0.6 is 11.6 Å². The van der Waals surface area contributed by atoms with E-state index in [2.05, 4.69) is 19.2 Å². The largest absolute Gasteiger partial charge is 0.339 e. The Morgan fingerprint density at radius 1 is 1.24 bits per heavy atom. The first-order valence-corrected chi connectivity index (χ1v) is 9.31. The van der Waals surface area contributed by atoms with E-state index in [4.69, 9.17) is 11.6 Å². The van der Waals surface area contributed by atoms with Crippen molar-refractivity contribution in [2.45, 2.75) is 33.2 Å². The van der Waals surface area contributed by atoms with Gasteiger partial charge in [-0.2, -0.15) is 0 Å². The standard InChI is InChI=1S/C19H28ClN3O2/c1-14(2)12-21-9-8-18(24)22-10-11-23(15(3)13-22)19(25)16-4-6-17(20)7-5-16/h4-7,14-15,21H,8-13H2,1-3H3. The zero-order valence-corrected chi connectivity index (χ0v) is 16.1. The summed E-state index contributed by atoms with van der Waals surface area (Å²) in [5.74, 6) is 0.731. The molecule has 0 saturated carbocycles. The van der Waals surface area contributed by atoms with E-state index in [9.17, 15) is 9.59 Å². The molecule has 1 aliphatic heterocycles. The molecular formula is C19H28ClN3O2. The second-order valence-corrected chi connectivity index (χ2v) is 7.48. The van der Waals surface area contributed by atoms with Crippen molar-refractivity contribution in [3.63, 3.8) is 0 Å². The molecular weight excluding hydrogens is 338 g/mol. The molecule has 25 heavy (non-hydrogen) atoms. The van der Waals surface area contributed by atoms with Crippen LogP contribution in [0.25, 0.3) is 0 Å². The van der Waals surface area contributed by atoms with Gasteiger partial charge in [-0.3, -0.25) is 9.59 Å². The van der Waals surface area contributed by atoms with E-state index in [0.29, 0.717) is 49.1 Å². The van der Waals surface area contributed by atoms with Crippen LogP contribution in [0.4, 0.5) is 0 Å². The van der Waals surface area contributed by atoms with Crippen LogP contribution in [0.2, 0.25) is 5.02 Å². The van der Waals surface area contributed by atoms with Crippen molar-refractivity contribution < 1.29 is 9.59 Å². The van der Waals surface area contributed by atoms with Gasteiger partial charge in [-0.15, -0.1) is 0 Å². The van der Waals surface area contributed by atoms with Gasteiger partial charge < -0.3 is 15.1 Å². The van der Waals surface area contributed by atoms with Gasteiger partial charge in [0, 0.05) is 49.2 Å². The smallest absolute Gasteiger partial charge is 0.254 e. The van der Waals surface area contributed by atoms with Crippen LogP contribution in [-0.4, -0.2) is 60.4 Å². The van der Waals surface area contributed by atoms with Crippen LogP contribution in [0.1, 0.15) is 37.6 Å². The summed E-state index contributed by atoms with van der Waals surface area (Å²) in [4.78, 5) is 28.7. The number of piperazine rings is 1. The first kappa shape index (κ1) is 19.7. The Bertz CT molecular complexity index is 589. The Labute approximate surface area is 155 Å². The molecule has 0 radical (unpaired) electrons. The molecule has 1 fully saturated rings. The van der Waals surface area contributed by atoms with Gasteiger partial charge in [-0.05, 0) is 43.7 Å². The first-order valence-electron chi connectivity index (χ1n) is 8.93. The molecule has 1 aliphatic rings. The quantitative estimate of drug-likeness (QED) is 0.788. The van der Waals surface area contributed by atoms with Crippen LogP contribution in [0.3, 0.4) is 0 Å². The van der Waals surface area contributed by atoms with Gasteiger partial charge in [0.1, 0.15) is 0 Å². The molecule has 1 aromatic rings. The third-order valence-corrected chi connectivity index (χ3v) is 4.65. The number of halogens is 1. The highest BCUT2D eigenvalue weighted by molar-refractivity contribution is 6.30. The number of nitrogens with one attached hydrogen (secondary N) is 1. The van der Waals surface area contributed by atoms with Crippen molar-refractivity contribution in [2.24, 2.45) is 5.92 Å². The molecule has 0 aromatic heterocycles. The van der Waals surface area contributed by atoms with Gasteiger partial charge in [-0.25, -0.2) is 0 Å². The lowest BCUT2D eigenvalue weighted by Gasteiger charge is -2.40. The fourth-order valence-corrected chi connectivity index (χ4v) is 3.11. The topological polar surface area (TPSA) is 52.7 Å². The lowest BCUT2D eigenvalue weighted by molar-refractivity contribution is -0.133. The van der Waals surface area contributed by atoms with E-state index in [0.717, 1.165) is 6.54 Å². The summed E-state index contributed by atoms with van der Waals surface area (Å²) < 4.78 is 0. The highest BCUT2D eigenvalue weighted by Crippen LogP contribution is 2.16. The summed E-state index contributed by atoms with van der Waals surface area (Å²) in [6.07, 6.45) is 0.505. The molecule has 1 saturated heterocycles. The summed E-state index contributed by atoms with van der Waals surface area (Å²) in [6.45, 7) is 9.65. The SMILES string of the molecule is CC(C)CNCCC(=O)N1CCN(C(=O)c2ccc(Cl)cc2)C(C)C1. The minimum absolute atomic E-state index is 0.00417. The second kappa shape index (κ2) is 9.20. The predicted molar refractivity (Wildman–Crippen MR) is 101 cm³/mol. The predicted octanol–water partition coefficient (Wildman–Crippen LogP) is 2.65. The summed E-state index contributed by atoms with van der Waals surface area (Å²) >= 11 is 5.88. The van der Waals surface area contributed by atoms with Crippen molar-refractivity contribution >= 4 is 23.4 Å². The lowest BCUT2D eigenvalue weighted by atomic mass is 10.1. The van der Waals surface area contributed by atoms with Gasteiger partial charge in [-0.1, -0.05) is 25.4 Å². The normalized spacial score (nSPS) is 17.9. The molecule has 6 heteroatoms. The average Bonchev–Trinajstić information content (AvgIpc) is 2.58. The molecule has 138 valence electrons. The summed E-state index contributed by atoms with van der Waals surface area (Å²) in [5, 5.41) is 3.91. The number of hydrogen-bond acceptors (Lipinski definition) is 3. The maximum absolute atomic E-state index is 12.6. The molecule has 0 aliphatic carbocycles. The first-order chi connectivity index (χ1) is 11.9. The van der Waals surface area contributed by atoms with Crippen LogP contribution in [0.5, 0.6) is 0 Å². The van der Waals surface area contributed by atoms with E-state index in [1.165, 1.54) is 0 Å². The number of benzene rings is 1. The van der Waals surface area contributed by atoms with E-state index in [1.807, 2.05) is 16.7 Å². The Balaban J connectivity index is 1.84. The fourth-order valence-electron chi connectivity index (χ4n) is 2.99. The molecule has 1 N–H and O–H groups in total. The average molecular weight is 366 g/mol. The highest BCUT2D eigenvalue weighted by Gasteiger charge is 2.29. The Morgan fingerprint density at radius 2 is 1.92 bits per heavy atom. The second-order valence-electron chi connectivity index (χ2n) is 7.04. The van der Waals surface area contributed by atoms with E-state index >= 15 is 0 Å². The van der Waals surface area contributed by atoms with Crippen molar-refractivity contribution in [1.29, 1.82) is 0 Å². The molecule has 1 aromatic carbocycles. The van der Waals surface area contributed by atoms with Crippen LogP contribution in [-0.2, 0) is 4.79 Å². The van der Waals surface area contributed by atoms with Gasteiger partial charge >= 0.3 is 0 Å². The minimum atomic E-state index is -0.00475. The van der Waals surface area contributed by atoms with E-state index in [-0.39, 0.29) is 17.9 Å². The molecule has 2 amide bonds. The number of nitrogens with zero attached hydrogens (tertiary/aromatic N) is 2. The number of rotatable bonds is 6. The van der Waals surface area contributed by atoms with Crippen LogP contribution in [0, 0.1) is 5.92 Å². The van der Waals surface area contributed by atoms with E-state index < -0.39 is 0 Å². The third-order valence-electron chi connectivity index (χ3n) is 4.40. The fraction of sp³-hybridized carbons (Fsp3) is 0.579.